The maximum Gasteiger partial charge on any atom is 0.306 e. The number of esters is 1. The SMILES string of the molecule is N=C(N)c1ccc(-c2ccc(OC[C@@H]3C[C@@H](CC(=O)OCCN4CCOCC4)C(=O)N3)cc2)cc1. The number of nitrogen functional groups attached to an aromatic ring is 1. The van der Waals surface area contributed by atoms with Gasteiger partial charge in [0.25, 0.3) is 0 Å². The van der Waals surface area contributed by atoms with Crippen molar-refractivity contribution < 1.29 is 23.8 Å². The molecule has 0 saturated carbocycles. The molecule has 2 aromatic carbocycles. The highest BCUT2D eigenvalue weighted by Crippen LogP contribution is 2.24. The Morgan fingerprint density at radius 1 is 1.09 bits per heavy atom. The van der Waals surface area contributed by atoms with Gasteiger partial charge in [-0.3, -0.25) is 19.9 Å². The Balaban J connectivity index is 1.18. The Hall–Kier alpha value is -3.43. The zero-order valence-corrected chi connectivity index (χ0v) is 19.7. The topological polar surface area (TPSA) is 127 Å². The summed E-state index contributed by atoms with van der Waals surface area (Å²) in [6.07, 6.45) is 0.626. The molecule has 0 aliphatic carbocycles. The van der Waals surface area contributed by atoms with Crippen LogP contribution in [0, 0.1) is 11.3 Å². The molecule has 186 valence electrons. The molecule has 2 aliphatic heterocycles. The number of morpholine rings is 1. The van der Waals surface area contributed by atoms with Gasteiger partial charge in [-0.2, -0.15) is 0 Å². The van der Waals surface area contributed by atoms with Crippen LogP contribution in [0.15, 0.2) is 48.5 Å². The molecular weight excluding hydrogens is 448 g/mol. The van der Waals surface area contributed by atoms with Crippen molar-refractivity contribution in [2.75, 3.05) is 46.1 Å². The van der Waals surface area contributed by atoms with Gasteiger partial charge in [-0.25, -0.2) is 0 Å². The fourth-order valence-corrected chi connectivity index (χ4v) is 4.27. The lowest BCUT2D eigenvalue weighted by Crippen LogP contribution is -2.38. The Morgan fingerprint density at radius 2 is 1.74 bits per heavy atom. The van der Waals surface area contributed by atoms with Crippen molar-refractivity contribution in [3.05, 3.63) is 54.1 Å². The van der Waals surface area contributed by atoms with E-state index in [1.165, 1.54) is 0 Å². The Labute approximate surface area is 205 Å². The van der Waals surface area contributed by atoms with Gasteiger partial charge < -0.3 is 25.3 Å². The summed E-state index contributed by atoms with van der Waals surface area (Å²) in [5, 5.41) is 10.4. The van der Waals surface area contributed by atoms with E-state index < -0.39 is 0 Å². The largest absolute Gasteiger partial charge is 0.491 e. The van der Waals surface area contributed by atoms with E-state index in [1.807, 2.05) is 48.5 Å². The molecule has 2 aromatic rings. The standard InChI is InChI=1S/C26H32N4O5/c27-25(28)20-3-1-18(2-4-20)19-5-7-23(8-6-19)35-17-22-15-21(26(32)29-22)16-24(31)34-14-11-30-9-12-33-13-10-30/h1-8,21-22H,9-17H2,(H3,27,28)(H,29,32)/t21-,22-/m0/s1. The van der Waals surface area contributed by atoms with Crippen molar-refractivity contribution in [3.8, 4) is 16.9 Å². The van der Waals surface area contributed by atoms with Gasteiger partial charge in [-0.1, -0.05) is 36.4 Å². The normalized spacial score (nSPS) is 20.3. The molecule has 9 heteroatoms. The molecule has 9 nitrogen and oxygen atoms in total. The first kappa shape index (κ1) is 24.7. The van der Waals surface area contributed by atoms with Crippen LogP contribution in [0.25, 0.3) is 11.1 Å². The first-order chi connectivity index (χ1) is 17.0. The van der Waals surface area contributed by atoms with E-state index in [9.17, 15) is 9.59 Å². The average Bonchev–Trinajstić information content (AvgIpc) is 3.22. The van der Waals surface area contributed by atoms with Crippen LogP contribution in [-0.4, -0.2) is 74.7 Å². The van der Waals surface area contributed by atoms with E-state index in [-0.39, 0.29) is 36.1 Å². The molecule has 2 atom stereocenters. The second-order valence-electron chi connectivity index (χ2n) is 8.84. The van der Waals surface area contributed by atoms with Crippen molar-refractivity contribution in [1.82, 2.24) is 10.2 Å². The van der Waals surface area contributed by atoms with Crippen LogP contribution in [0.4, 0.5) is 0 Å². The lowest BCUT2D eigenvalue weighted by Gasteiger charge is -2.26. The van der Waals surface area contributed by atoms with Crippen molar-refractivity contribution in [1.29, 1.82) is 5.41 Å². The minimum Gasteiger partial charge on any atom is -0.491 e. The molecule has 0 bridgehead atoms. The molecule has 2 fully saturated rings. The predicted molar refractivity (Wildman–Crippen MR) is 131 cm³/mol. The average molecular weight is 481 g/mol. The molecule has 0 radical (unpaired) electrons. The number of ether oxygens (including phenoxy) is 3. The predicted octanol–water partition coefficient (Wildman–Crippen LogP) is 1.79. The smallest absolute Gasteiger partial charge is 0.306 e. The molecule has 2 aliphatic rings. The maximum atomic E-state index is 12.3. The third-order valence-corrected chi connectivity index (χ3v) is 6.31. The third kappa shape index (κ3) is 7.03. The van der Waals surface area contributed by atoms with Gasteiger partial charge in [0.15, 0.2) is 0 Å². The molecule has 0 unspecified atom stereocenters. The Bertz CT molecular complexity index is 1020. The second kappa shape index (κ2) is 11.8. The summed E-state index contributed by atoms with van der Waals surface area (Å²) in [7, 11) is 0. The quantitative estimate of drug-likeness (QED) is 0.269. The van der Waals surface area contributed by atoms with Gasteiger partial charge in [-0.05, 0) is 29.7 Å². The fraction of sp³-hybridized carbons (Fsp3) is 0.423. The van der Waals surface area contributed by atoms with Gasteiger partial charge in [0.05, 0.1) is 31.6 Å². The first-order valence-electron chi connectivity index (χ1n) is 11.9. The lowest BCUT2D eigenvalue weighted by molar-refractivity contribution is -0.147. The Kier molecular flexibility index (Phi) is 8.33. The molecule has 4 rings (SSSR count). The third-order valence-electron chi connectivity index (χ3n) is 6.31. The molecule has 0 aromatic heterocycles. The van der Waals surface area contributed by atoms with Crippen LogP contribution in [0.5, 0.6) is 5.75 Å². The number of hydrogen-bond acceptors (Lipinski definition) is 7. The molecule has 0 spiro atoms. The fourth-order valence-electron chi connectivity index (χ4n) is 4.27. The Morgan fingerprint density at radius 3 is 2.40 bits per heavy atom. The highest BCUT2D eigenvalue weighted by atomic mass is 16.5. The summed E-state index contributed by atoms with van der Waals surface area (Å²) < 4.78 is 16.5. The second-order valence-corrected chi connectivity index (χ2v) is 8.84. The van der Waals surface area contributed by atoms with Crippen LogP contribution in [-0.2, 0) is 19.1 Å². The summed E-state index contributed by atoms with van der Waals surface area (Å²) in [5.41, 5.74) is 8.23. The summed E-state index contributed by atoms with van der Waals surface area (Å²) in [5.74, 6) is -0.114. The number of nitrogens with one attached hydrogen (secondary N) is 2. The lowest BCUT2D eigenvalue weighted by atomic mass is 10.0. The number of benzene rings is 2. The summed E-state index contributed by atoms with van der Waals surface area (Å²) in [6.45, 7) is 4.46. The van der Waals surface area contributed by atoms with E-state index in [1.54, 1.807) is 0 Å². The van der Waals surface area contributed by atoms with E-state index in [4.69, 9.17) is 25.4 Å². The van der Waals surface area contributed by atoms with Crippen molar-refractivity contribution in [3.63, 3.8) is 0 Å². The number of carbonyl (C=O) groups is 2. The van der Waals surface area contributed by atoms with E-state index in [2.05, 4.69) is 10.2 Å². The van der Waals surface area contributed by atoms with Crippen LogP contribution < -0.4 is 15.8 Å². The molecule has 4 N–H and O–H groups in total. The highest BCUT2D eigenvalue weighted by molar-refractivity contribution is 5.95. The maximum absolute atomic E-state index is 12.3. The van der Waals surface area contributed by atoms with Crippen molar-refractivity contribution in [2.45, 2.75) is 18.9 Å². The van der Waals surface area contributed by atoms with E-state index in [0.717, 1.165) is 24.2 Å². The van der Waals surface area contributed by atoms with Crippen molar-refractivity contribution in [2.24, 2.45) is 11.7 Å². The van der Waals surface area contributed by atoms with Crippen molar-refractivity contribution >= 4 is 17.7 Å². The minimum atomic E-state index is -0.389. The molecule has 1 amide bonds. The molecule has 2 saturated heterocycles. The van der Waals surface area contributed by atoms with Gasteiger partial charge in [-0.15, -0.1) is 0 Å². The summed E-state index contributed by atoms with van der Waals surface area (Å²) in [6, 6.07) is 15.0. The summed E-state index contributed by atoms with van der Waals surface area (Å²) in [4.78, 5) is 26.7. The van der Waals surface area contributed by atoms with Gasteiger partial charge in [0, 0.05) is 25.2 Å². The van der Waals surface area contributed by atoms with Crippen LogP contribution in [0.1, 0.15) is 18.4 Å². The number of amidine groups is 1. The number of nitrogens with two attached hydrogens (primary N) is 1. The first-order valence-corrected chi connectivity index (χ1v) is 11.9. The number of amides is 1. The van der Waals surface area contributed by atoms with E-state index in [0.29, 0.717) is 50.7 Å². The molecule has 35 heavy (non-hydrogen) atoms. The number of carbonyl (C=O) groups excluding carboxylic acids is 2. The van der Waals surface area contributed by atoms with Crippen LogP contribution in [0.2, 0.25) is 0 Å². The van der Waals surface area contributed by atoms with Gasteiger partial charge in [0.1, 0.15) is 24.8 Å². The number of nitrogens with zero attached hydrogens (tertiary/aromatic N) is 1. The monoisotopic (exact) mass is 480 g/mol. The highest BCUT2D eigenvalue weighted by Gasteiger charge is 2.34. The number of rotatable bonds is 10. The van der Waals surface area contributed by atoms with Crippen LogP contribution in [0.3, 0.4) is 0 Å². The van der Waals surface area contributed by atoms with Gasteiger partial charge in [0.2, 0.25) is 5.91 Å². The number of hydrogen-bond donors (Lipinski definition) is 3. The molecule has 2 heterocycles. The molecular formula is C26H32N4O5. The zero-order valence-electron chi connectivity index (χ0n) is 19.7. The van der Waals surface area contributed by atoms with E-state index >= 15 is 0 Å². The summed E-state index contributed by atoms with van der Waals surface area (Å²) >= 11 is 0. The minimum absolute atomic E-state index is 0.0437. The zero-order chi connectivity index (χ0) is 24.6. The van der Waals surface area contributed by atoms with Crippen LogP contribution >= 0.6 is 0 Å². The van der Waals surface area contributed by atoms with Gasteiger partial charge >= 0.3 is 5.97 Å².